The van der Waals surface area contributed by atoms with Gasteiger partial charge in [-0.25, -0.2) is 4.39 Å². The van der Waals surface area contributed by atoms with Crippen molar-refractivity contribution in [2.45, 2.75) is 19.5 Å². The van der Waals surface area contributed by atoms with Crippen molar-refractivity contribution in [3.8, 4) is 11.5 Å². The second-order valence-corrected chi connectivity index (χ2v) is 4.62. The molecule has 0 aliphatic rings. The van der Waals surface area contributed by atoms with E-state index in [4.69, 9.17) is 4.74 Å². The first-order chi connectivity index (χ1) is 9.61. The molecule has 2 rings (SSSR count). The lowest BCUT2D eigenvalue weighted by atomic mass is 10.1. The van der Waals surface area contributed by atoms with Gasteiger partial charge in [0, 0.05) is 18.2 Å². The van der Waals surface area contributed by atoms with Crippen molar-refractivity contribution in [2.24, 2.45) is 0 Å². The fourth-order valence-corrected chi connectivity index (χ4v) is 2.01. The van der Waals surface area contributed by atoms with Gasteiger partial charge in [-0.05, 0) is 30.7 Å². The molecule has 0 saturated heterocycles. The molecule has 2 aromatic rings. The Labute approximate surface area is 118 Å². The Hall–Kier alpha value is -2.07. The van der Waals surface area contributed by atoms with E-state index in [1.54, 1.807) is 18.2 Å². The van der Waals surface area contributed by atoms with E-state index in [2.05, 4.69) is 5.32 Å². The van der Waals surface area contributed by atoms with Crippen molar-refractivity contribution in [3.63, 3.8) is 0 Å². The smallest absolute Gasteiger partial charge is 0.162 e. The van der Waals surface area contributed by atoms with Gasteiger partial charge in [-0.15, -0.1) is 0 Å². The van der Waals surface area contributed by atoms with Gasteiger partial charge in [0.2, 0.25) is 0 Å². The fourth-order valence-electron chi connectivity index (χ4n) is 2.01. The van der Waals surface area contributed by atoms with Crippen molar-refractivity contribution in [1.82, 2.24) is 5.32 Å². The molecular weight excluding hydrogens is 257 g/mol. The summed E-state index contributed by atoms with van der Waals surface area (Å²) >= 11 is 0. The minimum atomic E-state index is -0.244. The molecule has 20 heavy (non-hydrogen) atoms. The summed E-state index contributed by atoms with van der Waals surface area (Å²) in [6.07, 6.45) is 0. The van der Waals surface area contributed by atoms with Crippen LogP contribution in [0.1, 0.15) is 24.1 Å². The molecule has 0 bridgehead atoms. The quantitative estimate of drug-likeness (QED) is 0.879. The second kappa shape index (κ2) is 6.39. The van der Waals surface area contributed by atoms with Gasteiger partial charge >= 0.3 is 0 Å². The maximum atomic E-state index is 12.9. The maximum Gasteiger partial charge on any atom is 0.162 e. The summed E-state index contributed by atoms with van der Waals surface area (Å²) in [7, 11) is 1.52. The average Bonchev–Trinajstić information content (AvgIpc) is 2.46. The van der Waals surface area contributed by atoms with Gasteiger partial charge in [-0.3, -0.25) is 0 Å². The lowest BCUT2D eigenvalue weighted by molar-refractivity contribution is 0.369. The Balaban J connectivity index is 2.03. The SMILES string of the molecule is COc1cccc(CNC(C)c2ccc(F)cc2)c1O. The van der Waals surface area contributed by atoms with Gasteiger partial charge in [0.15, 0.2) is 11.5 Å². The minimum absolute atomic E-state index is 0.0567. The highest BCUT2D eigenvalue weighted by molar-refractivity contribution is 5.45. The molecule has 0 fully saturated rings. The van der Waals surface area contributed by atoms with E-state index in [1.165, 1.54) is 19.2 Å². The van der Waals surface area contributed by atoms with E-state index < -0.39 is 0 Å². The number of hydrogen-bond acceptors (Lipinski definition) is 3. The third-order valence-corrected chi connectivity index (χ3v) is 3.27. The summed E-state index contributed by atoms with van der Waals surface area (Å²) in [5, 5.41) is 13.3. The molecule has 0 saturated carbocycles. The van der Waals surface area contributed by atoms with Gasteiger partial charge in [-0.1, -0.05) is 24.3 Å². The summed E-state index contributed by atoms with van der Waals surface area (Å²) < 4.78 is 17.9. The highest BCUT2D eigenvalue weighted by Crippen LogP contribution is 2.29. The van der Waals surface area contributed by atoms with Gasteiger partial charge in [0.25, 0.3) is 0 Å². The number of para-hydroxylation sites is 1. The highest BCUT2D eigenvalue weighted by Gasteiger charge is 2.09. The Morgan fingerprint density at radius 3 is 2.55 bits per heavy atom. The number of nitrogens with one attached hydrogen (secondary N) is 1. The molecule has 0 aromatic heterocycles. The van der Waals surface area contributed by atoms with Gasteiger partial charge in [0.1, 0.15) is 5.82 Å². The van der Waals surface area contributed by atoms with Crippen molar-refractivity contribution >= 4 is 0 Å². The van der Waals surface area contributed by atoms with Gasteiger partial charge < -0.3 is 15.2 Å². The van der Waals surface area contributed by atoms with Crippen LogP contribution >= 0.6 is 0 Å². The van der Waals surface area contributed by atoms with E-state index in [1.807, 2.05) is 19.1 Å². The van der Waals surface area contributed by atoms with E-state index in [-0.39, 0.29) is 17.6 Å². The van der Waals surface area contributed by atoms with Crippen molar-refractivity contribution in [2.75, 3.05) is 7.11 Å². The molecule has 0 spiro atoms. The fraction of sp³-hybridized carbons (Fsp3) is 0.250. The van der Waals surface area contributed by atoms with Crippen LogP contribution in [0, 0.1) is 5.82 Å². The molecule has 0 aliphatic heterocycles. The first-order valence-electron chi connectivity index (χ1n) is 6.45. The monoisotopic (exact) mass is 275 g/mol. The Kier molecular flexibility index (Phi) is 4.58. The van der Waals surface area contributed by atoms with Crippen LogP contribution in [0.2, 0.25) is 0 Å². The molecule has 0 aliphatic carbocycles. The molecule has 0 amide bonds. The average molecular weight is 275 g/mol. The summed E-state index contributed by atoms with van der Waals surface area (Å²) in [4.78, 5) is 0. The zero-order valence-electron chi connectivity index (χ0n) is 11.6. The van der Waals surface area contributed by atoms with Crippen LogP contribution in [0.3, 0.4) is 0 Å². The molecule has 2 aromatic carbocycles. The molecule has 0 heterocycles. The highest BCUT2D eigenvalue weighted by atomic mass is 19.1. The number of rotatable bonds is 5. The summed E-state index contributed by atoms with van der Waals surface area (Å²) in [5.41, 5.74) is 1.76. The van der Waals surface area contributed by atoms with Crippen molar-refractivity contribution in [3.05, 3.63) is 59.4 Å². The third-order valence-electron chi connectivity index (χ3n) is 3.27. The first kappa shape index (κ1) is 14.3. The zero-order valence-corrected chi connectivity index (χ0v) is 11.6. The van der Waals surface area contributed by atoms with Crippen LogP contribution in [0.5, 0.6) is 11.5 Å². The van der Waals surface area contributed by atoms with Crippen molar-refractivity contribution < 1.29 is 14.2 Å². The Morgan fingerprint density at radius 1 is 1.20 bits per heavy atom. The standard InChI is InChI=1S/C16H18FNO2/c1-11(12-6-8-14(17)9-7-12)18-10-13-4-3-5-15(20-2)16(13)19/h3-9,11,18-19H,10H2,1-2H3. The number of hydrogen-bond donors (Lipinski definition) is 2. The van der Waals surface area contributed by atoms with Gasteiger partial charge in [-0.2, -0.15) is 0 Å². The Morgan fingerprint density at radius 2 is 1.90 bits per heavy atom. The van der Waals surface area contributed by atoms with Crippen LogP contribution in [0.4, 0.5) is 4.39 Å². The van der Waals surface area contributed by atoms with Crippen molar-refractivity contribution in [1.29, 1.82) is 0 Å². The molecule has 1 unspecified atom stereocenters. The van der Waals surface area contributed by atoms with Crippen LogP contribution in [-0.2, 0) is 6.54 Å². The molecule has 3 nitrogen and oxygen atoms in total. The van der Waals surface area contributed by atoms with E-state index >= 15 is 0 Å². The lowest BCUT2D eigenvalue weighted by Gasteiger charge is -2.15. The number of phenols is 1. The summed E-state index contributed by atoms with van der Waals surface area (Å²) in [6.45, 7) is 2.49. The normalized spacial score (nSPS) is 12.2. The van der Waals surface area contributed by atoms with Crippen LogP contribution in [0.15, 0.2) is 42.5 Å². The van der Waals surface area contributed by atoms with Crippen LogP contribution < -0.4 is 10.1 Å². The lowest BCUT2D eigenvalue weighted by Crippen LogP contribution is -2.18. The molecule has 106 valence electrons. The third kappa shape index (κ3) is 3.27. The molecule has 2 N–H and O–H groups in total. The molecule has 0 radical (unpaired) electrons. The topological polar surface area (TPSA) is 41.5 Å². The van der Waals surface area contributed by atoms with Gasteiger partial charge in [0.05, 0.1) is 7.11 Å². The number of methoxy groups -OCH3 is 1. The number of benzene rings is 2. The number of ether oxygens (including phenoxy) is 1. The van der Waals surface area contributed by atoms with Crippen LogP contribution in [-0.4, -0.2) is 12.2 Å². The molecule has 1 atom stereocenters. The minimum Gasteiger partial charge on any atom is -0.504 e. The summed E-state index contributed by atoms with van der Waals surface area (Å²) in [6, 6.07) is 11.8. The molecular formula is C16H18FNO2. The Bertz CT molecular complexity index is 569. The second-order valence-electron chi connectivity index (χ2n) is 4.62. The van der Waals surface area contributed by atoms with E-state index in [9.17, 15) is 9.50 Å². The number of phenolic OH excluding ortho intramolecular Hbond substituents is 1. The number of halogens is 1. The van der Waals surface area contributed by atoms with E-state index in [0.29, 0.717) is 12.3 Å². The largest absolute Gasteiger partial charge is 0.504 e. The zero-order chi connectivity index (χ0) is 14.5. The first-order valence-corrected chi connectivity index (χ1v) is 6.45. The maximum absolute atomic E-state index is 12.9. The molecule has 4 heteroatoms. The predicted molar refractivity (Wildman–Crippen MR) is 76.3 cm³/mol. The van der Waals surface area contributed by atoms with E-state index in [0.717, 1.165) is 11.1 Å². The number of aromatic hydroxyl groups is 1. The predicted octanol–water partition coefficient (Wildman–Crippen LogP) is 3.39. The summed E-state index contributed by atoms with van der Waals surface area (Å²) in [5.74, 6) is 0.360. The van der Waals surface area contributed by atoms with Crippen LogP contribution in [0.25, 0.3) is 0 Å².